The molecule has 0 saturated carbocycles. The number of nitrogens with one attached hydrogen (secondary N) is 2. The van der Waals surface area contributed by atoms with Crippen molar-refractivity contribution in [2.45, 2.75) is 6.42 Å². The molecule has 25 heavy (non-hydrogen) atoms. The summed E-state index contributed by atoms with van der Waals surface area (Å²) in [6, 6.07) is 15.0. The van der Waals surface area contributed by atoms with Crippen molar-refractivity contribution in [3.05, 3.63) is 70.3 Å². The third-order valence-electron chi connectivity index (χ3n) is 3.78. The van der Waals surface area contributed by atoms with Crippen LogP contribution in [0.5, 0.6) is 0 Å². The van der Waals surface area contributed by atoms with E-state index in [-0.39, 0.29) is 12.5 Å². The summed E-state index contributed by atoms with van der Waals surface area (Å²) in [5, 5.41) is 8.26. The fourth-order valence-electron chi connectivity index (χ4n) is 2.55. The number of rotatable bonds is 6. The summed E-state index contributed by atoms with van der Waals surface area (Å²) in [6.07, 6.45) is 2.44. The van der Waals surface area contributed by atoms with Gasteiger partial charge in [-0.1, -0.05) is 47.5 Å². The molecule has 6 heteroatoms. The summed E-state index contributed by atoms with van der Waals surface area (Å²) in [4.78, 5) is 16.5. The van der Waals surface area contributed by atoms with Crippen molar-refractivity contribution in [1.82, 2.24) is 10.3 Å². The Kier molecular flexibility index (Phi) is 5.87. The molecule has 1 aromatic heterocycles. The number of amides is 1. The summed E-state index contributed by atoms with van der Waals surface area (Å²) in [7, 11) is 0. The number of para-hydroxylation sites is 1. The molecule has 0 atom stereocenters. The maximum Gasteiger partial charge on any atom is 0.238 e. The molecule has 0 aliphatic rings. The standard InChI is InChI=1S/C19H17Cl2N3O/c20-15-7-6-13(16(21)11-15)8-10-22-12-18(25)24-17-5-1-3-14-4-2-9-23-19(14)17/h1-7,9,11,22H,8,10,12H2,(H,24,25). The highest BCUT2D eigenvalue weighted by Crippen LogP contribution is 2.21. The molecule has 0 saturated heterocycles. The van der Waals surface area contributed by atoms with Crippen molar-refractivity contribution in [2.75, 3.05) is 18.4 Å². The first-order chi connectivity index (χ1) is 12.1. The number of carbonyl (C=O) groups excluding carboxylic acids is 1. The highest BCUT2D eigenvalue weighted by atomic mass is 35.5. The number of nitrogens with zero attached hydrogens (tertiary/aromatic N) is 1. The largest absolute Gasteiger partial charge is 0.323 e. The minimum Gasteiger partial charge on any atom is -0.323 e. The molecule has 128 valence electrons. The Bertz CT molecular complexity index is 893. The summed E-state index contributed by atoms with van der Waals surface area (Å²) in [5.74, 6) is -0.111. The van der Waals surface area contributed by atoms with E-state index in [2.05, 4.69) is 15.6 Å². The summed E-state index contributed by atoms with van der Waals surface area (Å²) in [5.41, 5.74) is 2.49. The molecule has 0 spiro atoms. The van der Waals surface area contributed by atoms with E-state index in [4.69, 9.17) is 23.2 Å². The average Bonchev–Trinajstić information content (AvgIpc) is 2.60. The van der Waals surface area contributed by atoms with E-state index in [9.17, 15) is 4.79 Å². The second kappa shape index (κ2) is 8.30. The van der Waals surface area contributed by atoms with Crippen molar-refractivity contribution in [3.8, 4) is 0 Å². The molecule has 1 heterocycles. The van der Waals surface area contributed by atoms with Gasteiger partial charge in [-0.05, 0) is 42.8 Å². The SMILES string of the molecule is O=C(CNCCc1ccc(Cl)cc1Cl)Nc1cccc2cccnc12. The third-order valence-corrected chi connectivity index (χ3v) is 4.37. The number of carbonyl (C=O) groups is 1. The van der Waals surface area contributed by atoms with Crippen LogP contribution in [-0.2, 0) is 11.2 Å². The molecule has 4 nitrogen and oxygen atoms in total. The van der Waals surface area contributed by atoms with Gasteiger partial charge in [0.25, 0.3) is 0 Å². The topological polar surface area (TPSA) is 54.0 Å². The van der Waals surface area contributed by atoms with Crippen LogP contribution in [0.4, 0.5) is 5.69 Å². The quantitative estimate of drug-likeness (QED) is 0.632. The third kappa shape index (κ3) is 4.69. The lowest BCUT2D eigenvalue weighted by Crippen LogP contribution is -2.29. The van der Waals surface area contributed by atoms with Gasteiger partial charge >= 0.3 is 0 Å². The first-order valence-corrected chi connectivity index (χ1v) is 8.67. The second-order valence-electron chi connectivity index (χ2n) is 5.59. The number of anilines is 1. The molecule has 0 fully saturated rings. The molecule has 0 aliphatic heterocycles. The van der Waals surface area contributed by atoms with Crippen LogP contribution in [0.3, 0.4) is 0 Å². The van der Waals surface area contributed by atoms with Crippen molar-refractivity contribution in [3.63, 3.8) is 0 Å². The number of hydrogen-bond donors (Lipinski definition) is 2. The molecule has 3 aromatic rings. The van der Waals surface area contributed by atoms with Crippen molar-refractivity contribution in [1.29, 1.82) is 0 Å². The molecule has 3 rings (SSSR count). The normalized spacial score (nSPS) is 10.8. The van der Waals surface area contributed by atoms with Crippen molar-refractivity contribution < 1.29 is 4.79 Å². The first-order valence-electron chi connectivity index (χ1n) is 7.92. The van der Waals surface area contributed by atoms with Crippen LogP contribution in [0, 0.1) is 0 Å². The average molecular weight is 374 g/mol. The number of halogens is 2. The molecule has 0 unspecified atom stereocenters. The highest BCUT2D eigenvalue weighted by molar-refractivity contribution is 6.35. The molecular formula is C19H17Cl2N3O. The summed E-state index contributed by atoms with van der Waals surface area (Å²) in [6.45, 7) is 0.858. The van der Waals surface area contributed by atoms with Gasteiger partial charge in [-0.2, -0.15) is 0 Å². The minimum atomic E-state index is -0.111. The molecule has 0 aliphatic carbocycles. The van der Waals surface area contributed by atoms with E-state index < -0.39 is 0 Å². The second-order valence-corrected chi connectivity index (χ2v) is 6.44. The van der Waals surface area contributed by atoms with E-state index >= 15 is 0 Å². The number of fused-ring (bicyclic) bond motifs is 1. The lowest BCUT2D eigenvalue weighted by molar-refractivity contribution is -0.115. The van der Waals surface area contributed by atoms with E-state index in [1.807, 2.05) is 42.5 Å². The van der Waals surface area contributed by atoms with E-state index in [0.29, 0.717) is 22.3 Å². The lowest BCUT2D eigenvalue weighted by Gasteiger charge is -2.09. The lowest BCUT2D eigenvalue weighted by atomic mass is 10.1. The van der Waals surface area contributed by atoms with Gasteiger partial charge in [-0.15, -0.1) is 0 Å². The van der Waals surface area contributed by atoms with Crippen LogP contribution < -0.4 is 10.6 Å². The summed E-state index contributed by atoms with van der Waals surface area (Å²) >= 11 is 12.0. The van der Waals surface area contributed by atoms with Gasteiger partial charge in [0.05, 0.1) is 17.7 Å². The molecule has 2 N–H and O–H groups in total. The predicted molar refractivity (Wildman–Crippen MR) is 103 cm³/mol. The van der Waals surface area contributed by atoms with Gasteiger partial charge in [-0.25, -0.2) is 0 Å². The minimum absolute atomic E-state index is 0.111. The fraction of sp³-hybridized carbons (Fsp3) is 0.158. The Morgan fingerprint density at radius 2 is 1.92 bits per heavy atom. The Labute approximate surface area is 156 Å². The molecular weight excluding hydrogens is 357 g/mol. The molecule has 0 radical (unpaired) electrons. The van der Waals surface area contributed by atoms with Crippen LogP contribution in [-0.4, -0.2) is 24.0 Å². The molecule has 0 bridgehead atoms. The zero-order valence-corrected chi connectivity index (χ0v) is 14.9. The van der Waals surface area contributed by atoms with E-state index in [1.165, 1.54) is 0 Å². The number of hydrogen-bond acceptors (Lipinski definition) is 3. The van der Waals surface area contributed by atoms with Gasteiger partial charge in [0.1, 0.15) is 0 Å². The number of aromatic nitrogens is 1. The van der Waals surface area contributed by atoms with Crippen LogP contribution in [0.25, 0.3) is 10.9 Å². The zero-order valence-electron chi connectivity index (χ0n) is 13.4. The van der Waals surface area contributed by atoms with E-state index in [1.54, 1.807) is 12.3 Å². The predicted octanol–water partition coefficient (Wildman–Crippen LogP) is 4.31. The van der Waals surface area contributed by atoms with E-state index in [0.717, 1.165) is 22.9 Å². The Balaban J connectivity index is 1.51. The zero-order chi connectivity index (χ0) is 17.6. The monoisotopic (exact) mass is 373 g/mol. The number of benzene rings is 2. The highest BCUT2D eigenvalue weighted by Gasteiger charge is 2.07. The van der Waals surface area contributed by atoms with Gasteiger partial charge in [0, 0.05) is 21.6 Å². The van der Waals surface area contributed by atoms with Crippen LogP contribution in [0.1, 0.15) is 5.56 Å². The number of pyridine rings is 1. The van der Waals surface area contributed by atoms with Gasteiger partial charge in [-0.3, -0.25) is 9.78 Å². The van der Waals surface area contributed by atoms with Crippen molar-refractivity contribution >= 4 is 45.7 Å². The smallest absolute Gasteiger partial charge is 0.238 e. The maximum absolute atomic E-state index is 12.1. The van der Waals surface area contributed by atoms with Gasteiger partial charge < -0.3 is 10.6 Å². The van der Waals surface area contributed by atoms with Crippen LogP contribution in [0.15, 0.2) is 54.7 Å². The fourth-order valence-corrected chi connectivity index (χ4v) is 3.05. The first kappa shape index (κ1) is 17.7. The van der Waals surface area contributed by atoms with Gasteiger partial charge in [0.15, 0.2) is 0 Å². The summed E-state index contributed by atoms with van der Waals surface area (Å²) < 4.78 is 0. The Morgan fingerprint density at radius 3 is 2.76 bits per heavy atom. The van der Waals surface area contributed by atoms with Crippen molar-refractivity contribution in [2.24, 2.45) is 0 Å². The molecule has 1 amide bonds. The Hall–Kier alpha value is -2.14. The van der Waals surface area contributed by atoms with Crippen LogP contribution in [0.2, 0.25) is 10.0 Å². The van der Waals surface area contributed by atoms with Crippen LogP contribution >= 0.6 is 23.2 Å². The maximum atomic E-state index is 12.1. The Morgan fingerprint density at radius 1 is 1.08 bits per heavy atom. The van der Waals surface area contributed by atoms with Gasteiger partial charge in [0.2, 0.25) is 5.91 Å². The molecule has 2 aromatic carbocycles.